The monoisotopic (exact) mass is 664 g/mol. The summed E-state index contributed by atoms with van der Waals surface area (Å²) in [7, 11) is 0. The molecule has 6 rings (SSSR count). The van der Waals surface area contributed by atoms with E-state index in [4.69, 9.17) is 19.7 Å². The van der Waals surface area contributed by atoms with Crippen LogP contribution in [-0.4, -0.2) is 38.1 Å². The van der Waals surface area contributed by atoms with Gasteiger partial charge in [0.1, 0.15) is 23.2 Å². The normalized spacial score (nSPS) is 10.4. The summed E-state index contributed by atoms with van der Waals surface area (Å²) in [6.07, 6.45) is 0. The van der Waals surface area contributed by atoms with Gasteiger partial charge >= 0.3 is 17.9 Å². The van der Waals surface area contributed by atoms with Gasteiger partial charge in [-0.3, -0.25) is 0 Å². The van der Waals surface area contributed by atoms with Gasteiger partial charge in [-0.05, 0) is 42.0 Å². The number of carbonyl (C=O) groups excluding carboxylic acids is 2. The summed E-state index contributed by atoms with van der Waals surface area (Å²) in [5.74, 6) is -1.71. The van der Waals surface area contributed by atoms with E-state index >= 15 is 0 Å². The summed E-state index contributed by atoms with van der Waals surface area (Å²) in [6.45, 7) is 0.288. The molecule has 9 nitrogen and oxygen atoms in total. The van der Waals surface area contributed by atoms with Gasteiger partial charge in [-0.25, -0.2) is 24.4 Å². The number of rotatable bonds is 10. The van der Waals surface area contributed by atoms with Crippen molar-refractivity contribution in [3.63, 3.8) is 0 Å². The van der Waals surface area contributed by atoms with Crippen molar-refractivity contribution in [3.05, 3.63) is 152 Å². The zero-order chi connectivity index (χ0) is 33.0. The van der Waals surface area contributed by atoms with Gasteiger partial charge in [-0.1, -0.05) is 72.8 Å². The number of aliphatic hydroxyl groups is 1. The molecule has 0 radical (unpaired) electrons. The Labute approximate surface area is 278 Å². The van der Waals surface area contributed by atoms with E-state index < -0.39 is 11.9 Å². The fourth-order valence-corrected chi connectivity index (χ4v) is 5.58. The number of benzene rings is 4. The van der Waals surface area contributed by atoms with Crippen LogP contribution in [0.2, 0.25) is 0 Å². The predicted molar refractivity (Wildman–Crippen MR) is 179 cm³/mol. The lowest BCUT2D eigenvalue weighted by molar-refractivity contribution is 0.0464. The van der Waals surface area contributed by atoms with Gasteiger partial charge in [0.05, 0.1) is 34.7 Å². The molecule has 0 fully saturated rings. The first-order valence-corrected chi connectivity index (χ1v) is 16.0. The number of esters is 2. The van der Waals surface area contributed by atoms with Crippen LogP contribution < -0.4 is 0 Å². The quantitative estimate of drug-likeness (QED) is 0.143. The van der Waals surface area contributed by atoms with Gasteiger partial charge in [0, 0.05) is 21.9 Å². The number of hydrogen-bond donors (Lipinski definition) is 2. The number of hydrogen-bond acceptors (Lipinski definition) is 10. The third-order valence-electron chi connectivity index (χ3n) is 6.64. The first-order valence-electron chi connectivity index (χ1n) is 14.3. The van der Waals surface area contributed by atoms with Crippen LogP contribution in [0, 0.1) is 0 Å². The largest absolute Gasteiger partial charge is 0.478 e. The molecule has 2 heterocycles. The zero-order valence-electron chi connectivity index (χ0n) is 24.8. The van der Waals surface area contributed by atoms with Gasteiger partial charge in [-0.2, -0.15) is 0 Å². The van der Waals surface area contributed by atoms with Crippen LogP contribution in [0.1, 0.15) is 46.7 Å². The molecule has 2 aromatic heterocycles. The summed E-state index contributed by atoms with van der Waals surface area (Å²) in [4.78, 5) is 43.5. The molecule has 0 aliphatic rings. The fourth-order valence-electron chi connectivity index (χ4n) is 4.15. The Morgan fingerprint density at radius 3 is 1.40 bits per heavy atom. The lowest BCUT2D eigenvalue weighted by atomic mass is 10.1. The predicted octanol–water partition coefficient (Wildman–Crippen LogP) is 7.52. The topological polar surface area (TPSA) is 136 Å². The van der Waals surface area contributed by atoms with Crippen molar-refractivity contribution in [2.75, 3.05) is 0 Å². The number of carboxylic acids is 1. The summed E-state index contributed by atoms with van der Waals surface area (Å²) < 4.78 is 10.5. The number of nitrogens with zero attached hydrogens (tertiary/aromatic N) is 2. The molecule has 0 atom stereocenters. The SMILES string of the molecule is O=C(O)c1ccc(-c2csc(COC(=O)c3ccccc3)n2)cc1.O=C(OCc1nc(-c2ccc(CO)cc2)cs1)c1ccccc1. The number of aromatic nitrogens is 2. The molecule has 0 unspecified atom stereocenters. The van der Waals surface area contributed by atoms with Gasteiger partial charge in [0.2, 0.25) is 0 Å². The number of thiazole rings is 2. The van der Waals surface area contributed by atoms with E-state index in [0.29, 0.717) is 16.1 Å². The van der Waals surface area contributed by atoms with E-state index in [9.17, 15) is 14.4 Å². The molecular weight excluding hydrogens is 637 g/mol. The second kappa shape index (κ2) is 16.2. The lowest BCUT2D eigenvalue weighted by Crippen LogP contribution is -2.04. The molecule has 0 bridgehead atoms. The molecule has 6 aromatic rings. The molecule has 236 valence electrons. The highest BCUT2D eigenvalue weighted by Gasteiger charge is 2.12. The van der Waals surface area contributed by atoms with Crippen LogP contribution in [-0.2, 0) is 29.3 Å². The van der Waals surface area contributed by atoms with Crippen LogP contribution >= 0.6 is 22.7 Å². The minimum atomic E-state index is -0.964. The average Bonchev–Trinajstić information content (AvgIpc) is 3.81. The van der Waals surface area contributed by atoms with Crippen molar-refractivity contribution in [3.8, 4) is 22.5 Å². The number of ether oxygens (including phenoxy) is 2. The number of aliphatic hydroxyl groups excluding tert-OH is 1. The zero-order valence-corrected chi connectivity index (χ0v) is 26.4. The average molecular weight is 665 g/mol. The Bertz CT molecular complexity index is 1920. The Hall–Kier alpha value is -5.49. The molecule has 4 aromatic carbocycles. The van der Waals surface area contributed by atoms with Gasteiger partial charge < -0.3 is 19.7 Å². The number of aromatic carboxylic acids is 1. The maximum Gasteiger partial charge on any atom is 0.338 e. The third kappa shape index (κ3) is 9.27. The van der Waals surface area contributed by atoms with Crippen LogP contribution in [0.15, 0.2) is 120 Å². The Balaban J connectivity index is 0.000000185. The minimum Gasteiger partial charge on any atom is -0.478 e. The van der Waals surface area contributed by atoms with Crippen LogP contribution in [0.3, 0.4) is 0 Å². The third-order valence-corrected chi connectivity index (χ3v) is 8.28. The number of carbonyl (C=O) groups is 3. The molecule has 0 amide bonds. The minimum absolute atomic E-state index is 0.0258. The van der Waals surface area contributed by atoms with Crippen LogP contribution in [0.5, 0.6) is 0 Å². The smallest absolute Gasteiger partial charge is 0.338 e. The summed E-state index contributed by atoms with van der Waals surface area (Å²) in [6, 6.07) is 31.7. The van der Waals surface area contributed by atoms with Crippen molar-refractivity contribution in [2.45, 2.75) is 19.8 Å². The second-order valence-corrected chi connectivity index (χ2v) is 11.8. The van der Waals surface area contributed by atoms with Gasteiger partial charge in [0.25, 0.3) is 0 Å². The molecular formula is C36H28N2O7S2. The lowest BCUT2D eigenvalue weighted by Gasteiger charge is -2.02. The van der Waals surface area contributed by atoms with Gasteiger partial charge in [0.15, 0.2) is 0 Å². The van der Waals surface area contributed by atoms with Crippen molar-refractivity contribution >= 4 is 40.6 Å². The molecule has 0 spiro atoms. The molecule has 0 aliphatic heterocycles. The Morgan fingerprint density at radius 2 is 1.00 bits per heavy atom. The highest BCUT2D eigenvalue weighted by atomic mass is 32.1. The van der Waals surface area contributed by atoms with E-state index in [1.165, 1.54) is 34.8 Å². The standard InChI is InChI=1S/C18H13NO4S.C18H15NO3S/c20-17(21)13-8-6-12(7-9-13)15-11-24-16(19-15)10-23-18(22)14-4-2-1-3-5-14;20-10-13-6-8-14(9-7-13)16-12-23-17(19-16)11-22-18(21)15-4-2-1-3-5-15/h1-9,11H,10H2,(H,20,21);1-9,12,20H,10-11H2. The first kappa shape index (κ1) is 32.9. The molecule has 0 aliphatic carbocycles. The Morgan fingerprint density at radius 1 is 0.574 bits per heavy atom. The molecule has 0 saturated carbocycles. The van der Waals surface area contributed by atoms with Gasteiger partial charge in [-0.15, -0.1) is 22.7 Å². The maximum atomic E-state index is 11.9. The van der Waals surface area contributed by atoms with E-state index in [-0.39, 0.29) is 31.4 Å². The number of carboxylic acid groups (broad SMARTS) is 1. The molecule has 11 heteroatoms. The summed E-state index contributed by atoms with van der Waals surface area (Å²) in [5, 5.41) is 23.2. The van der Waals surface area contributed by atoms with E-state index in [0.717, 1.165) is 33.1 Å². The first-order chi connectivity index (χ1) is 22.9. The highest BCUT2D eigenvalue weighted by Crippen LogP contribution is 2.24. The fraction of sp³-hybridized carbons (Fsp3) is 0.0833. The maximum absolute atomic E-state index is 11.9. The molecule has 2 N–H and O–H groups in total. The van der Waals surface area contributed by atoms with Crippen molar-refractivity contribution < 1.29 is 34.1 Å². The Kier molecular flexibility index (Phi) is 11.3. The van der Waals surface area contributed by atoms with E-state index in [2.05, 4.69) is 9.97 Å². The van der Waals surface area contributed by atoms with Crippen molar-refractivity contribution in [2.24, 2.45) is 0 Å². The van der Waals surface area contributed by atoms with Crippen molar-refractivity contribution in [1.29, 1.82) is 0 Å². The second-order valence-electron chi connectivity index (χ2n) is 9.87. The van der Waals surface area contributed by atoms with Crippen molar-refractivity contribution in [1.82, 2.24) is 9.97 Å². The van der Waals surface area contributed by atoms with E-state index in [1.807, 2.05) is 47.2 Å². The molecule has 47 heavy (non-hydrogen) atoms. The van der Waals surface area contributed by atoms with Crippen LogP contribution in [0.4, 0.5) is 0 Å². The summed E-state index contributed by atoms with van der Waals surface area (Å²) >= 11 is 2.84. The highest BCUT2D eigenvalue weighted by molar-refractivity contribution is 7.10. The summed E-state index contributed by atoms with van der Waals surface area (Å²) in [5.41, 5.74) is 5.47. The van der Waals surface area contributed by atoms with E-state index in [1.54, 1.807) is 60.7 Å². The van der Waals surface area contributed by atoms with Crippen LogP contribution in [0.25, 0.3) is 22.5 Å². The molecule has 0 saturated heterocycles.